The first kappa shape index (κ1) is 20.4. The van der Waals surface area contributed by atoms with Gasteiger partial charge in [0.05, 0.1) is 18.8 Å². The van der Waals surface area contributed by atoms with Crippen LogP contribution in [0.4, 0.5) is 11.4 Å². The van der Waals surface area contributed by atoms with E-state index >= 15 is 0 Å². The summed E-state index contributed by atoms with van der Waals surface area (Å²) in [5.74, 6) is -0.352. The van der Waals surface area contributed by atoms with Gasteiger partial charge in [0.1, 0.15) is 5.25 Å². The number of nitrogens with one attached hydrogen (secondary N) is 1. The predicted molar refractivity (Wildman–Crippen MR) is 113 cm³/mol. The number of amides is 2. The van der Waals surface area contributed by atoms with E-state index in [4.69, 9.17) is 16.3 Å². The topological polar surface area (TPSA) is 71.0 Å². The Morgan fingerprint density at radius 3 is 2.61 bits per heavy atom. The molecule has 1 atom stereocenters. The fourth-order valence-corrected chi connectivity index (χ4v) is 3.95. The van der Waals surface area contributed by atoms with Gasteiger partial charge < -0.3 is 10.1 Å². The van der Waals surface area contributed by atoms with Crippen molar-refractivity contribution in [3.63, 3.8) is 0 Å². The third-order valence-corrected chi connectivity index (χ3v) is 5.45. The largest absolute Gasteiger partial charge is 0.383 e. The Hall–Kier alpha value is -2.35. The molecule has 2 aromatic carbocycles. The highest BCUT2D eigenvalue weighted by Crippen LogP contribution is 2.32. The Morgan fingerprint density at radius 2 is 1.93 bits per heavy atom. The zero-order valence-electron chi connectivity index (χ0n) is 15.3. The van der Waals surface area contributed by atoms with Crippen LogP contribution in [0.5, 0.6) is 0 Å². The molecule has 28 heavy (non-hydrogen) atoms. The zero-order chi connectivity index (χ0) is 19.9. The molecule has 2 amide bonds. The molecule has 1 fully saturated rings. The number of benzene rings is 2. The third-order valence-electron chi connectivity index (χ3n) is 4.02. The van der Waals surface area contributed by atoms with Crippen molar-refractivity contribution >= 4 is 51.7 Å². The van der Waals surface area contributed by atoms with E-state index in [-0.39, 0.29) is 18.2 Å². The number of anilines is 1. The van der Waals surface area contributed by atoms with Crippen molar-refractivity contribution < 1.29 is 14.3 Å². The van der Waals surface area contributed by atoms with Crippen LogP contribution in [-0.4, -0.2) is 47.4 Å². The maximum absolute atomic E-state index is 12.8. The summed E-state index contributed by atoms with van der Waals surface area (Å²) < 4.78 is 5.11. The molecule has 1 N–H and O–H groups in total. The van der Waals surface area contributed by atoms with Crippen molar-refractivity contribution in [2.24, 2.45) is 4.99 Å². The van der Waals surface area contributed by atoms with Gasteiger partial charge in [0.2, 0.25) is 11.8 Å². The number of carbonyl (C=O) groups excluding carboxylic acids is 2. The lowest BCUT2D eigenvalue weighted by molar-refractivity contribution is -0.128. The zero-order valence-corrected chi connectivity index (χ0v) is 16.9. The van der Waals surface area contributed by atoms with Crippen LogP contribution in [0.25, 0.3) is 0 Å². The van der Waals surface area contributed by atoms with Gasteiger partial charge in [-0.3, -0.25) is 14.5 Å². The monoisotopic (exact) mass is 417 g/mol. The SMILES string of the molecule is COCCN1C(=O)[C@H](CC(=O)Nc2ccccc2)SC1=Nc1ccc(Cl)cc1. The molecule has 0 spiro atoms. The van der Waals surface area contributed by atoms with Gasteiger partial charge in [-0.05, 0) is 36.4 Å². The molecule has 1 aliphatic heterocycles. The number of thioether (sulfide) groups is 1. The van der Waals surface area contributed by atoms with Gasteiger partial charge in [0.15, 0.2) is 5.17 Å². The van der Waals surface area contributed by atoms with Gasteiger partial charge in [-0.25, -0.2) is 4.99 Å². The minimum atomic E-state index is -0.522. The molecule has 8 heteroatoms. The number of hydrogen-bond donors (Lipinski definition) is 1. The van der Waals surface area contributed by atoms with Crippen LogP contribution in [-0.2, 0) is 14.3 Å². The molecule has 0 aliphatic carbocycles. The molecule has 1 aliphatic rings. The van der Waals surface area contributed by atoms with E-state index in [0.29, 0.717) is 34.7 Å². The Kier molecular flexibility index (Phi) is 7.08. The van der Waals surface area contributed by atoms with Crippen molar-refractivity contribution in [1.82, 2.24) is 4.90 Å². The van der Waals surface area contributed by atoms with Crippen molar-refractivity contribution in [1.29, 1.82) is 0 Å². The number of amidine groups is 1. The molecular formula is C20H20ClN3O3S. The van der Waals surface area contributed by atoms with Crippen LogP contribution >= 0.6 is 23.4 Å². The minimum Gasteiger partial charge on any atom is -0.383 e. The normalized spacial score (nSPS) is 17.9. The third kappa shape index (κ3) is 5.34. The number of nitrogens with zero attached hydrogens (tertiary/aromatic N) is 2. The maximum atomic E-state index is 12.8. The fourth-order valence-electron chi connectivity index (χ4n) is 2.64. The first-order chi connectivity index (χ1) is 13.6. The second-order valence-corrected chi connectivity index (χ2v) is 7.68. The number of ether oxygens (including phenoxy) is 1. The molecule has 0 saturated carbocycles. The number of halogens is 1. The Morgan fingerprint density at radius 1 is 1.21 bits per heavy atom. The molecule has 0 radical (unpaired) electrons. The molecule has 3 rings (SSSR count). The van der Waals surface area contributed by atoms with Gasteiger partial charge in [-0.2, -0.15) is 0 Å². The van der Waals surface area contributed by atoms with Crippen LogP contribution in [0.3, 0.4) is 0 Å². The van der Waals surface area contributed by atoms with Crippen LogP contribution in [0.2, 0.25) is 5.02 Å². The maximum Gasteiger partial charge on any atom is 0.242 e. The lowest BCUT2D eigenvalue weighted by Gasteiger charge is -2.15. The number of rotatable bonds is 7. The van der Waals surface area contributed by atoms with Crippen LogP contribution in [0.15, 0.2) is 59.6 Å². The standard InChI is InChI=1S/C20H20ClN3O3S/c1-27-12-11-24-19(26)17(13-18(25)22-15-5-3-2-4-6-15)28-20(24)23-16-9-7-14(21)8-10-16/h2-10,17H,11-13H2,1H3,(H,22,25)/t17-/m0/s1. The summed E-state index contributed by atoms with van der Waals surface area (Å²) in [4.78, 5) is 31.3. The second kappa shape index (κ2) is 9.73. The summed E-state index contributed by atoms with van der Waals surface area (Å²) in [5.41, 5.74) is 1.39. The van der Waals surface area contributed by atoms with E-state index in [1.54, 1.807) is 48.4 Å². The van der Waals surface area contributed by atoms with Crippen molar-refractivity contribution in [2.75, 3.05) is 25.6 Å². The average molecular weight is 418 g/mol. The summed E-state index contributed by atoms with van der Waals surface area (Å²) >= 11 is 7.21. The van der Waals surface area contributed by atoms with Crippen molar-refractivity contribution in [3.8, 4) is 0 Å². The molecule has 146 valence electrons. The van der Waals surface area contributed by atoms with Crippen LogP contribution in [0, 0.1) is 0 Å². The molecular weight excluding hydrogens is 398 g/mol. The van der Waals surface area contributed by atoms with Gasteiger partial charge in [0.25, 0.3) is 0 Å². The van der Waals surface area contributed by atoms with E-state index in [9.17, 15) is 9.59 Å². The summed E-state index contributed by atoms with van der Waals surface area (Å²) in [6, 6.07) is 16.2. The lowest BCUT2D eigenvalue weighted by Crippen LogP contribution is -2.35. The first-order valence-corrected chi connectivity index (χ1v) is 9.98. The highest BCUT2D eigenvalue weighted by Gasteiger charge is 2.38. The smallest absolute Gasteiger partial charge is 0.242 e. The van der Waals surface area contributed by atoms with E-state index < -0.39 is 5.25 Å². The van der Waals surface area contributed by atoms with Crippen molar-refractivity contribution in [3.05, 3.63) is 59.6 Å². The molecule has 2 aromatic rings. The second-order valence-electron chi connectivity index (χ2n) is 6.08. The number of methoxy groups -OCH3 is 1. The summed E-state index contributed by atoms with van der Waals surface area (Å²) in [6.07, 6.45) is 0.0709. The summed E-state index contributed by atoms with van der Waals surface area (Å²) in [6.45, 7) is 0.764. The summed E-state index contributed by atoms with van der Waals surface area (Å²) in [5, 5.41) is 3.47. The molecule has 0 bridgehead atoms. The first-order valence-electron chi connectivity index (χ1n) is 8.73. The molecule has 6 nitrogen and oxygen atoms in total. The Bertz CT molecular complexity index is 859. The van der Waals surface area contributed by atoms with E-state index in [1.165, 1.54) is 11.8 Å². The molecule has 1 heterocycles. The fraction of sp³-hybridized carbons (Fsp3) is 0.250. The van der Waals surface area contributed by atoms with Gasteiger partial charge in [-0.15, -0.1) is 0 Å². The minimum absolute atomic E-state index is 0.0709. The van der Waals surface area contributed by atoms with Gasteiger partial charge in [0, 0.05) is 24.2 Å². The van der Waals surface area contributed by atoms with Crippen LogP contribution in [0.1, 0.15) is 6.42 Å². The van der Waals surface area contributed by atoms with E-state index in [1.807, 2.05) is 18.2 Å². The van der Waals surface area contributed by atoms with Gasteiger partial charge in [-0.1, -0.05) is 41.6 Å². The van der Waals surface area contributed by atoms with E-state index in [2.05, 4.69) is 10.3 Å². The quantitative estimate of drug-likeness (QED) is 0.740. The number of aliphatic imine (C=N–C) groups is 1. The molecule has 0 unspecified atom stereocenters. The van der Waals surface area contributed by atoms with Crippen molar-refractivity contribution in [2.45, 2.75) is 11.7 Å². The Labute approximate surface area is 172 Å². The predicted octanol–water partition coefficient (Wildman–Crippen LogP) is 3.95. The van der Waals surface area contributed by atoms with Crippen LogP contribution < -0.4 is 5.32 Å². The molecule has 1 saturated heterocycles. The number of carbonyl (C=O) groups is 2. The number of para-hydroxylation sites is 1. The van der Waals surface area contributed by atoms with Gasteiger partial charge >= 0.3 is 0 Å². The molecule has 0 aromatic heterocycles. The lowest BCUT2D eigenvalue weighted by atomic mass is 10.2. The average Bonchev–Trinajstić information content (AvgIpc) is 2.97. The highest BCUT2D eigenvalue weighted by molar-refractivity contribution is 8.15. The van der Waals surface area contributed by atoms with E-state index in [0.717, 1.165) is 0 Å². The number of hydrogen-bond acceptors (Lipinski definition) is 5. The highest BCUT2D eigenvalue weighted by atomic mass is 35.5. The Balaban J connectivity index is 1.73. The summed E-state index contributed by atoms with van der Waals surface area (Å²) in [7, 11) is 1.58.